The number of carbonyl (C=O) groups is 2. The van der Waals surface area contributed by atoms with E-state index >= 15 is 0 Å². The van der Waals surface area contributed by atoms with Crippen LogP contribution in [0.15, 0.2) is 17.5 Å². The Bertz CT molecular complexity index is 623. The van der Waals surface area contributed by atoms with Crippen molar-refractivity contribution >= 4 is 23.3 Å². The number of hydrogen-bond donors (Lipinski definition) is 2. The van der Waals surface area contributed by atoms with Gasteiger partial charge in [-0.1, -0.05) is 13.0 Å². The number of likely N-dealkylation sites (N-methyl/N-ethyl adjacent to an activating group) is 1. The SMILES string of the molecule is CCN(CC(=O)NC(=O)NC12CC3CC(CC(C3)C1)C2)Cc1cccs1. The van der Waals surface area contributed by atoms with Crippen molar-refractivity contribution in [3.63, 3.8) is 0 Å². The number of thiophene rings is 1. The molecule has 0 saturated heterocycles. The highest BCUT2D eigenvalue weighted by Crippen LogP contribution is 2.55. The van der Waals surface area contributed by atoms with E-state index in [-0.39, 0.29) is 24.0 Å². The molecule has 1 aromatic rings. The van der Waals surface area contributed by atoms with Crippen molar-refractivity contribution in [1.29, 1.82) is 0 Å². The van der Waals surface area contributed by atoms with E-state index < -0.39 is 0 Å². The summed E-state index contributed by atoms with van der Waals surface area (Å²) in [5, 5.41) is 7.82. The average Bonchev–Trinajstić information content (AvgIpc) is 3.05. The van der Waals surface area contributed by atoms with Gasteiger partial charge >= 0.3 is 6.03 Å². The Morgan fingerprint density at radius 2 is 1.85 bits per heavy atom. The third kappa shape index (κ3) is 3.96. The lowest BCUT2D eigenvalue weighted by Gasteiger charge is -2.56. The van der Waals surface area contributed by atoms with E-state index in [0.717, 1.165) is 50.1 Å². The van der Waals surface area contributed by atoms with Gasteiger partial charge in [-0.25, -0.2) is 4.79 Å². The Labute approximate surface area is 159 Å². The van der Waals surface area contributed by atoms with Crippen molar-refractivity contribution < 1.29 is 9.59 Å². The third-order valence-corrected chi connectivity index (χ3v) is 7.31. The molecule has 0 spiro atoms. The fraction of sp³-hybridized carbons (Fsp3) is 0.700. The van der Waals surface area contributed by atoms with Crippen LogP contribution in [0.5, 0.6) is 0 Å². The molecule has 5 nitrogen and oxygen atoms in total. The van der Waals surface area contributed by atoms with Crippen LogP contribution in [0.3, 0.4) is 0 Å². The van der Waals surface area contributed by atoms with Crippen LogP contribution >= 0.6 is 11.3 Å². The topological polar surface area (TPSA) is 61.4 Å². The number of nitrogens with zero attached hydrogens (tertiary/aromatic N) is 1. The first-order valence-electron chi connectivity index (χ1n) is 9.90. The highest BCUT2D eigenvalue weighted by molar-refractivity contribution is 7.09. The molecule has 3 amide bonds. The summed E-state index contributed by atoms with van der Waals surface area (Å²) in [7, 11) is 0. The maximum Gasteiger partial charge on any atom is 0.321 e. The van der Waals surface area contributed by atoms with Gasteiger partial charge in [0.1, 0.15) is 0 Å². The molecule has 6 heteroatoms. The van der Waals surface area contributed by atoms with Crippen molar-refractivity contribution in [1.82, 2.24) is 15.5 Å². The predicted octanol–water partition coefficient (Wildman–Crippen LogP) is 3.36. The minimum Gasteiger partial charge on any atom is -0.332 e. The molecule has 5 rings (SSSR count). The second-order valence-corrected chi connectivity index (χ2v) is 9.62. The van der Waals surface area contributed by atoms with Gasteiger partial charge < -0.3 is 5.32 Å². The Morgan fingerprint density at radius 3 is 2.38 bits per heavy atom. The molecule has 4 aliphatic carbocycles. The van der Waals surface area contributed by atoms with Crippen LogP contribution in [0.4, 0.5) is 4.79 Å². The van der Waals surface area contributed by atoms with Crippen molar-refractivity contribution in [3.05, 3.63) is 22.4 Å². The molecule has 0 aromatic carbocycles. The van der Waals surface area contributed by atoms with E-state index in [9.17, 15) is 9.59 Å². The summed E-state index contributed by atoms with van der Waals surface area (Å²) in [6, 6.07) is 3.79. The molecule has 2 N–H and O–H groups in total. The first kappa shape index (κ1) is 18.0. The fourth-order valence-corrected chi connectivity index (χ4v) is 6.55. The molecule has 0 aliphatic heterocycles. The zero-order valence-corrected chi connectivity index (χ0v) is 16.3. The van der Waals surface area contributed by atoms with E-state index in [2.05, 4.69) is 21.6 Å². The van der Waals surface area contributed by atoms with Crippen LogP contribution < -0.4 is 10.6 Å². The molecular formula is C20H29N3O2S. The van der Waals surface area contributed by atoms with E-state index in [0.29, 0.717) is 0 Å². The summed E-state index contributed by atoms with van der Waals surface area (Å²) in [4.78, 5) is 28.1. The van der Waals surface area contributed by atoms with Gasteiger partial charge in [0.25, 0.3) is 0 Å². The number of carbonyl (C=O) groups excluding carboxylic acids is 2. The van der Waals surface area contributed by atoms with E-state index in [1.165, 1.54) is 24.1 Å². The van der Waals surface area contributed by atoms with E-state index in [1.54, 1.807) is 11.3 Å². The fourth-order valence-electron chi connectivity index (χ4n) is 5.81. The van der Waals surface area contributed by atoms with Gasteiger partial charge in [-0.3, -0.25) is 15.0 Å². The van der Waals surface area contributed by atoms with Crippen molar-refractivity contribution in [2.75, 3.05) is 13.1 Å². The minimum atomic E-state index is -0.302. The molecule has 4 fully saturated rings. The van der Waals surface area contributed by atoms with Crippen LogP contribution in [-0.2, 0) is 11.3 Å². The molecule has 0 unspecified atom stereocenters. The molecule has 1 heterocycles. The van der Waals surface area contributed by atoms with Gasteiger partial charge in [0.2, 0.25) is 5.91 Å². The van der Waals surface area contributed by atoms with Crippen LogP contribution in [0.25, 0.3) is 0 Å². The number of rotatable bonds is 6. The minimum absolute atomic E-state index is 0.0550. The summed E-state index contributed by atoms with van der Waals surface area (Å²) >= 11 is 1.69. The van der Waals surface area contributed by atoms with Crippen LogP contribution in [-0.4, -0.2) is 35.5 Å². The predicted molar refractivity (Wildman–Crippen MR) is 103 cm³/mol. The van der Waals surface area contributed by atoms with Gasteiger partial charge in [0.05, 0.1) is 6.54 Å². The molecule has 0 radical (unpaired) electrons. The Morgan fingerprint density at radius 1 is 1.19 bits per heavy atom. The normalized spacial score (nSPS) is 32.0. The quantitative estimate of drug-likeness (QED) is 0.801. The van der Waals surface area contributed by atoms with Gasteiger partial charge in [-0.2, -0.15) is 0 Å². The first-order valence-corrected chi connectivity index (χ1v) is 10.8. The first-order chi connectivity index (χ1) is 12.5. The molecular weight excluding hydrogens is 346 g/mol. The molecule has 4 saturated carbocycles. The van der Waals surface area contributed by atoms with Crippen molar-refractivity contribution in [3.8, 4) is 0 Å². The summed E-state index contributed by atoms with van der Waals surface area (Å²) < 4.78 is 0. The zero-order valence-electron chi connectivity index (χ0n) is 15.5. The second-order valence-electron chi connectivity index (χ2n) is 8.58. The highest BCUT2D eigenvalue weighted by Gasteiger charge is 2.51. The van der Waals surface area contributed by atoms with Crippen LogP contribution in [0.1, 0.15) is 50.3 Å². The lowest BCUT2D eigenvalue weighted by atomic mass is 9.53. The standard InChI is InChI=1S/C20H29N3O2S/c1-2-23(12-17-4-3-5-26-17)13-18(24)21-19(25)22-20-9-14-6-15(10-20)8-16(7-14)11-20/h3-5,14-16H,2,6-13H2,1H3,(H2,21,22,24,25). The summed E-state index contributed by atoms with van der Waals surface area (Å²) in [5.74, 6) is 2.11. The summed E-state index contributed by atoms with van der Waals surface area (Å²) in [5.41, 5.74) is -0.0550. The van der Waals surface area contributed by atoms with Gasteiger partial charge in [0, 0.05) is 17.0 Å². The van der Waals surface area contributed by atoms with Gasteiger partial charge in [-0.15, -0.1) is 11.3 Å². The second kappa shape index (κ2) is 7.31. The lowest BCUT2D eigenvalue weighted by Crippen LogP contribution is -2.62. The third-order valence-electron chi connectivity index (χ3n) is 6.44. The number of hydrogen-bond acceptors (Lipinski definition) is 4. The number of imide groups is 1. The van der Waals surface area contributed by atoms with Crippen molar-refractivity contribution in [2.45, 2.75) is 57.5 Å². The maximum atomic E-state index is 12.5. The monoisotopic (exact) mass is 375 g/mol. The molecule has 4 bridgehead atoms. The molecule has 142 valence electrons. The highest BCUT2D eigenvalue weighted by atomic mass is 32.1. The molecule has 4 aliphatic rings. The number of amides is 3. The molecule has 1 aromatic heterocycles. The lowest BCUT2D eigenvalue weighted by molar-refractivity contribution is -0.121. The summed E-state index contributed by atoms with van der Waals surface area (Å²) in [6.07, 6.45) is 7.32. The zero-order chi connectivity index (χ0) is 18.1. The van der Waals surface area contributed by atoms with E-state index in [1.807, 2.05) is 18.4 Å². The summed E-state index contributed by atoms with van der Waals surface area (Å²) in [6.45, 7) is 3.82. The van der Waals surface area contributed by atoms with E-state index in [4.69, 9.17) is 0 Å². The number of urea groups is 1. The smallest absolute Gasteiger partial charge is 0.321 e. The number of nitrogens with one attached hydrogen (secondary N) is 2. The maximum absolute atomic E-state index is 12.5. The van der Waals surface area contributed by atoms with Gasteiger partial charge in [-0.05, 0) is 74.3 Å². The Kier molecular flexibility index (Phi) is 5.06. The molecule has 0 atom stereocenters. The van der Waals surface area contributed by atoms with Gasteiger partial charge in [0.15, 0.2) is 0 Å². The average molecular weight is 376 g/mol. The van der Waals surface area contributed by atoms with Crippen molar-refractivity contribution in [2.24, 2.45) is 17.8 Å². The molecule has 26 heavy (non-hydrogen) atoms. The van der Waals surface area contributed by atoms with Crippen LogP contribution in [0, 0.1) is 17.8 Å². The Hall–Kier alpha value is -1.40. The Balaban J connectivity index is 1.28. The van der Waals surface area contributed by atoms with Crippen LogP contribution in [0.2, 0.25) is 0 Å². The largest absolute Gasteiger partial charge is 0.332 e.